The monoisotopic (exact) mass is 254 g/mol. The molecular weight excluding hydrogens is 224 g/mol. The lowest BCUT2D eigenvalue weighted by molar-refractivity contribution is -0.0953. The summed E-state index contributed by atoms with van der Waals surface area (Å²) in [6.07, 6.45) is 4.77. The fourth-order valence-electron chi connectivity index (χ4n) is 4.07. The van der Waals surface area contributed by atoms with Crippen molar-refractivity contribution >= 4 is 0 Å². The van der Waals surface area contributed by atoms with Gasteiger partial charge in [-0.1, -0.05) is 20.3 Å². The Hall–Kier alpha value is -0.120. The molecule has 0 aromatic carbocycles. The molecule has 3 nitrogen and oxygen atoms in total. The van der Waals surface area contributed by atoms with Gasteiger partial charge < -0.3 is 10.1 Å². The molecule has 1 saturated carbocycles. The zero-order valence-electron chi connectivity index (χ0n) is 12.7. The summed E-state index contributed by atoms with van der Waals surface area (Å²) in [5.41, 5.74) is 0.405. The average Bonchev–Trinajstić information content (AvgIpc) is 2.26. The molecule has 0 amide bonds. The molecule has 3 heteroatoms. The molecule has 2 rings (SSSR count). The fraction of sp³-hybridized carbons (Fsp3) is 1.00. The van der Waals surface area contributed by atoms with E-state index in [4.69, 9.17) is 4.74 Å². The van der Waals surface area contributed by atoms with Gasteiger partial charge in [0.2, 0.25) is 0 Å². The van der Waals surface area contributed by atoms with E-state index in [0.717, 1.165) is 13.1 Å². The van der Waals surface area contributed by atoms with Gasteiger partial charge >= 0.3 is 0 Å². The first kappa shape index (κ1) is 14.3. The molecule has 1 aliphatic heterocycles. The first-order chi connectivity index (χ1) is 8.44. The van der Waals surface area contributed by atoms with E-state index in [9.17, 15) is 0 Å². The molecule has 1 heterocycles. The molecule has 106 valence electrons. The van der Waals surface area contributed by atoms with Crippen molar-refractivity contribution in [2.45, 2.75) is 71.2 Å². The summed E-state index contributed by atoms with van der Waals surface area (Å²) >= 11 is 0. The number of nitrogens with one attached hydrogen (secondary N) is 1. The van der Waals surface area contributed by atoms with E-state index in [0.29, 0.717) is 29.7 Å². The summed E-state index contributed by atoms with van der Waals surface area (Å²) in [6, 6.07) is 1.27. The lowest BCUT2D eigenvalue weighted by Gasteiger charge is -2.50. The van der Waals surface area contributed by atoms with Crippen LogP contribution in [0.15, 0.2) is 0 Å². The zero-order valence-corrected chi connectivity index (χ0v) is 12.7. The van der Waals surface area contributed by atoms with Crippen molar-refractivity contribution < 1.29 is 4.74 Å². The maximum absolute atomic E-state index is 5.87. The first-order valence-corrected chi connectivity index (χ1v) is 7.51. The molecule has 0 bridgehead atoms. The van der Waals surface area contributed by atoms with E-state index >= 15 is 0 Å². The van der Waals surface area contributed by atoms with E-state index in [1.807, 2.05) is 0 Å². The summed E-state index contributed by atoms with van der Waals surface area (Å²) in [4.78, 5) is 2.67. The van der Waals surface area contributed by atoms with Crippen LogP contribution in [0.3, 0.4) is 0 Å². The lowest BCUT2D eigenvalue weighted by Crippen LogP contribution is -2.61. The minimum atomic E-state index is 0.372. The Morgan fingerprint density at radius 2 is 1.78 bits per heavy atom. The predicted molar refractivity (Wildman–Crippen MR) is 75.8 cm³/mol. The highest BCUT2D eigenvalue weighted by molar-refractivity contribution is 4.98. The van der Waals surface area contributed by atoms with Crippen LogP contribution in [0.25, 0.3) is 0 Å². The van der Waals surface area contributed by atoms with Gasteiger partial charge in [-0.3, -0.25) is 4.90 Å². The lowest BCUT2D eigenvalue weighted by atomic mass is 9.70. The number of ether oxygens (including phenoxy) is 1. The summed E-state index contributed by atoms with van der Waals surface area (Å²) in [6.45, 7) is 11.4. The molecule has 2 fully saturated rings. The number of hydrogen-bond donors (Lipinski definition) is 1. The Bertz CT molecular complexity index is 270. The Kier molecular flexibility index (Phi) is 4.35. The molecule has 2 aliphatic rings. The minimum absolute atomic E-state index is 0.372. The van der Waals surface area contributed by atoms with Crippen molar-refractivity contribution in [3.8, 4) is 0 Å². The van der Waals surface area contributed by atoms with Crippen LogP contribution in [-0.4, -0.2) is 49.3 Å². The number of nitrogens with zero attached hydrogens (tertiary/aromatic N) is 1. The van der Waals surface area contributed by atoms with Crippen LogP contribution in [-0.2, 0) is 4.74 Å². The van der Waals surface area contributed by atoms with E-state index in [1.54, 1.807) is 0 Å². The number of morpholine rings is 1. The second kappa shape index (κ2) is 5.48. The SMILES string of the molecule is CNC1C(N2CC(C)OC(C)C2)CCCC1(C)C. The molecule has 18 heavy (non-hydrogen) atoms. The van der Waals surface area contributed by atoms with Crippen LogP contribution in [0.5, 0.6) is 0 Å². The van der Waals surface area contributed by atoms with Crippen LogP contribution in [0, 0.1) is 5.41 Å². The van der Waals surface area contributed by atoms with Gasteiger partial charge in [0.15, 0.2) is 0 Å². The van der Waals surface area contributed by atoms with Crippen LogP contribution < -0.4 is 5.32 Å². The summed E-state index contributed by atoms with van der Waals surface area (Å²) in [5, 5.41) is 3.59. The van der Waals surface area contributed by atoms with Crippen LogP contribution in [0.4, 0.5) is 0 Å². The number of rotatable bonds is 2. The summed E-state index contributed by atoms with van der Waals surface area (Å²) < 4.78 is 5.87. The zero-order chi connectivity index (χ0) is 13.3. The van der Waals surface area contributed by atoms with E-state index in [-0.39, 0.29) is 0 Å². The van der Waals surface area contributed by atoms with Crippen LogP contribution >= 0.6 is 0 Å². The Balaban J connectivity index is 2.10. The van der Waals surface area contributed by atoms with Gasteiger partial charge in [-0.05, 0) is 39.2 Å². The second-order valence-corrected chi connectivity index (χ2v) is 6.93. The molecule has 1 aliphatic carbocycles. The molecule has 4 atom stereocenters. The summed E-state index contributed by atoms with van der Waals surface area (Å²) in [5.74, 6) is 0. The largest absolute Gasteiger partial charge is 0.373 e. The minimum Gasteiger partial charge on any atom is -0.373 e. The third kappa shape index (κ3) is 2.89. The third-order valence-corrected chi connectivity index (χ3v) is 4.78. The molecule has 0 aromatic heterocycles. The third-order valence-electron chi connectivity index (χ3n) is 4.78. The molecule has 0 radical (unpaired) electrons. The molecule has 0 spiro atoms. The second-order valence-electron chi connectivity index (χ2n) is 6.93. The average molecular weight is 254 g/mol. The van der Waals surface area contributed by atoms with Crippen molar-refractivity contribution in [1.82, 2.24) is 10.2 Å². The van der Waals surface area contributed by atoms with Crippen molar-refractivity contribution in [3.63, 3.8) is 0 Å². The normalized spacial score (nSPS) is 41.8. The van der Waals surface area contributed by atoms with Crippen molar-refractivity contribution in [1.29, 1.82) is 0 Å². The van der Waals surface area contributed by atoms with Gasteiger partial charge in [0, 0.05) is 25.2 Å². The quantitative estimate of drug-likeness (QED) is 0.818. The molecule has 1 saturated heterocycles. The van der Waals surface area contributed by atoms with Crippen molar-refractivity contribution in [2.24, 2.45) is 5.41 Å². The van der Waals surface area contributed by atoms with Gasteiger partial charge in [0.05, 0.1) is 12.2 Å². The smallest absolute Gasteiger partial charge is 0.0678 e. The van der Waals surface area contributed by atoms with Gasteiger partial charge in [-0.15, -0.1) is 0 Å². The predicted octanol–water partition coefficient (Wildman–Crippen LogP) is 2.26. The Morgan fingerprint density at radius 3 is 2.33 bits per heavy atom. The highest BCUT2D eigenvalue weighted by Gasteiger charge is 2.42. The molecule has 4 unspecified atom stereocenters. The van der Waals surface area contributed by atoms with E-state index < -0.39 is 0 Å². The Morgan fingerprint density at radius 1 is 1.17 bits per heavy atom. The Labute approximate surface area is 112 Å². The molecule has 1 N–H and O–H groups in total. The highest BCUT2D eigenvalue weighted by atomic mass is 16.5. The fourth-order valence-corrected chi connectivity index (χ4v) is 4.07. The van der Waals surface area contributed by atoms with Gasteiger partial charge in [0.25, 0.3) is 0 Å². The molecule has 0 aromatic rings. The van der Waals surface area contributed by atoms with Crippen molar-refractivity contribution in [3.05, 3.63) is 0 Å². The van der Waals surface area contributed by atoms with Crippen molar-refractivity contribution in [2.75, 3.05) is 20.1 Å². The topological polar surface area (TPSA) is 24.5 Å². The van der Waals surface area contributed by atoms with E-state index in [1.165, 1.54) is 19.3 Å². The maximum Gasteiger partial charge on any atom is 0.0678 e. The standard InChI is InChI=1S/C15H30N2O/c1-11-9-17(10-12(2)18-11)13-7-6-8-15(3,4)14(13)16-5/h11-14,16H,6-10H2,1-5H3. The number of hydrogen-bond acceptors (Lipinski definition) is 3. The maximum atomic E-state index is 5.87. The van der Waals surface area contributed by atoms with Gasteiger partial charge in [0.1, 0.15) is 0 Å². The van der Waals surface area contributed by atoms with Crippen LogP contribution in [0.2, 0.25) is 0 Å². The van der Waals surface area contributed by atoms with Gasteiger partial charge in [-0.25, -0.2) is 0 Å². The highest BCUT2D eigenvalue weighted by Crippen LogP contribution is 2.38. The first-order valence-electron chi connectivity index (χ1n) is 7.51. The summed E-state index contributed by atoms with van der Waals surface area (Å²) in [7, 11) is 2.12. The number of likely N-dealkylation sites (N-methyl/N-ethyl adjacent to an activating group) is 1. The van der Waals surface area contributed by atoms with Gasteiger partial charge in [-0.2, -0.15) is 0 Å². The van der Waals surface area contributed by atoms with Crippen LogP contribution in [0.1, 0.15) is 47.0 Å². The molecular formula is C15H30N2O. The van der Waals surface area contributed by atoms with E-state index in [2.05, 4.69) is 45.0 Å².